The van der Waals surface area contributed by atoms with E-state index < -0.39 is 0 Å². The standard InChI is InChI=1S/C11H12BrN/c1-7-4-5-10-9(6-7)11(12)8(2)13(10)3/h4-6H,1-3H3. The van der Waals surface area contributed by atoms with Crippen LogP contribution >= 0.6 is 15.9 Å². The van der Waals surface area contributed by atoms with Crippen LogP contribution < -0.4 is 0 Å². The Labute approximate surface area is 86.5 Å². The average Bonchev–Trinajstić information content (AvgIpc) is 2.32. The molecule has 68 valence electrons. The van der Waals surface area contributed by atoms with Crippen LogP contribution in [0, 0.1) is 13.8 Å². The average molecular weight is 238 g/mol. The monoisotopic (exact) mass is 237 g/mol. The van der Waals surface area contributed by atoms with E-state index in [1.54, 1.807) is 0 Å². The lowest BCUT2D eigenvalue weighted by molar-refractivity contribution is 0.914. The van der Waals surface area contributed by atoms with Crippen LogP contribution in [-0.2, 0) is 7.05 Å². The molecule has 0 saturated carbocycles. The van der Waals surface area contributed by atoms with E-state index in [4.69, 9.17) is 0 Å². The van der Waals surface area contributed by atoms with Gasteiger partial charge in [0.25, 0.3) is 0 Å². The maximum atomic E-state index is 3.61. The molecule has 13 heavy (non-hydrogen) atoms. The summed E-state index contributed by atoms with van der Waals surface area (Å²) in [6, 6.07) is 6.53. The molecule has 0 atom stereocenters. The van der Waals surface area contributed by atoms with Crippen molar-refractivity contribution in [3.63, 3.8) is 0 Å². The fourth-order valence-corrected chi connectivity index (χ4v) is 2.22. The zero-order chi connectivity index (χ0) is 9.59. The Hall–Kier alpha value is -0.760. The molecule has 0 spiro atoms. The molecule has 1 nitrogen and oxygen atoms in total. The van der Waals surface area contributed by atoms with Gasteiger partial charge in [0.1, 0.15) is 0 Å². The van der Waals surface area contributed by atoms with Crippen LogP contribution in [0.5, 0.6) is 0 Å². The fourth-order valence-electron chi connectivity index (χ4n) is 1.64. The van der Waals surface area contributed by atoms with E-state index in [0.29, 0.717) is 0 Å². The summed E-state index contributed by atoms with van der Waals surface area (Å²) in [5.74, 6) is 0. The van der Waals surface area contributed by atoms with E-state index in [-0.39, 0.29) is 0 Å². The van der Waals surface area contributed by atoms with E-state index in [1.165, 1.54) is 26.6 Å². The highest BCUT2D eigenvalue weighted by Gasteiger charge is 2.08. The van der Waals surface area contributed by atoms with Gasteiger partial charge in [-0.2, -0.15) is 0 Å². The number of halogens is 1. The van der Waals surface area contributed by atoms with Crippen LogP contribution in [0.2, 0.25) is 0 Å². The summed E-state index contributed by atoms with van der Waals surface area (Å²) in [6.07, 6.45) is 0. The highest BCUT2D eigenvalue weighted by Crippen LogP contribution is 2.30. The maximum absolute atomic E-state index is 3.61. The summed E-state index contributed by atoms with van der Waals surface area (Å²) in [5, 5.41) is 1.31. The fraction of sp³-hybridized carbons (Fsp3) is 0.273. The summed E-state index contributed by atoms with van der Waals surface area (Å²) in [7, 11) is 2.09. The molecule has 1 aromatic heterocycles. The van der Waals surface area contributed by atoms with E-state index in [1.807, 2.05) is 0 Å². The molecule has 0 saturated heterocycles. The van der Waals surface area contributed by atoms with Gasteiger partial charge in [-0.1, -0.05) is 11.6 Å². The number of hydrogen-bond acceptors (Lipinski definition) is 0. The van der Waals surface area contributed by atoms with Crippen molar-refractivity contribution in [2.24, 2.45) is 7.05 Å². The lowest BCUT2D eigenvalue weighted by Gasteiger charge is -1.97. The lowest BCUT2D eigenvalue weighted by atomic mass is 10.2. The van der Waals surface area contributed by atoms with Crippen LogP contribution in [0.1, 0.15) is 11.3 Å². The van der Waals surface area contributed by atoms with Gasteiger partial charge >= 0.3 is 0 Å². The van der Waals surface area contributed by atoms with Crippen molar-refractivity contribution in [2.75, 3.05) is 0 Å². The topological polar surface area (TPSA) is 4.93 Å². The first-order chi connectivity index (χ1) is 6.11. The number of aromatic nitrogens is 1. The largest absolute Gasteiger partial charge is 0.347 e. The van der Waals surface area contributed by atoms with Crippen molar-refractivity contribution < 1.29 is 0 Å². The van der Waals surface area contributed by atoms with Crippen LogP contribution in [0.3, 0.4) is 0 Å². The first-order valence-electron chi connectivity index (χ1n) is 4.32. The van der Waals surface area contributed by atoms with Gasteiger partial charge in [0.05, 0.1) is 0 Å². The Morgan fingerprint density at radius 1 is 1.23 bits per heavy atom. The number of aryl methyl sites for hydroxylation is 2. The van der Waals surface area contributed by atoms with E-state index in [2.05, 4.69) is 59.6 Å². The van der Waals surface area contributed by atoms with Gasteiger partial charge in [0.15, 0.2) is 0 Å². The van der Waals surface area contributed by atoms with Gasteiger partial charge in [-0.15, -0.1) is 0 Å². The number of nitrogens with zero attached hydrogens (tertiary/aromatic N) is 1. The third-order valence-electron chi connectivity index (χ3n) is 2.57. The predicted octanol–water partition coefficient (Wildman–Crippen LogP) is 3.56. The minimum absolute atomic E-state index is 1.22. The maximum Gasteiger partial charge on any atom is 0.0491 e. The second-order valence-electron chi connectivity index (χ2n) is 3.48. The highest BCUT2D eigenvalue weighted by atomic mass is 79.9. The number of benzene rings is 1. The Morgan fingerprint density at radius 2 is 1.92 bits per heavy atom. The minimum Gasteiger partial charge on any atom is -0.347 e. The molecule has 0 aliphatic carbocycles. The minimum atomic E-state index is 1.22. The van der Waals surface area contributed by atoms with Crippen LogP contribution in [0.15, 0.2) is 22.7 Å². The third kappa shape index (κ3) is 1.20. The van der Waals surface area contributed by atoms with Crippen molar-refractivity contribution in [3.8, 4) is 0 Å². The van der Waals surface area contributed by atoms with Crippen LogP contribution in [0.4, 0.5) is 0 Å². The predicted molar refractivity (Wildman–Crippen MR) is 60.1 cm³/mol. The molecule has 0 radical (unpaired) electrons. The second-order valence-corrected chi connectivity index (χ2v) is 4.27. The van der Waals surface area contributed by atoms with Crippen LogP contribution in [0.25, 0.3) is 10.9 Å². The molecule has 1 heterocycles. The molecule has 2 heteroatoms. The Morgan fingerprint density at radius 3 is 2.62 bits per heavy atom. The molecular weight excluding hydrogens is 226 g/mol. The number of fused-ring (bicyclic) bond motifs is 1. The summed E-state index contributed by atoms with van der Waals surface area (Å²) >= 11 is 3.61. The van der Waals surface area contributed by atoms with Crippen LogP contribution in [-0.4, -0.2) is 4.57 Å². The Bertz CT molecular complexity index is 468. The first-order valence-corrected chi connectivity index (χ1v) is 5.11. The highest BCUT2D eigenvalue weighted by molar-refractivity contribution is 9.10. The normalized spacial score (nSPS) is 11.1. The van der Waals surface area contributed by atoms with E-state index >= 15 is 0 Å². The molecule has 0 unspecified atom stereocenters. The van der Waals surface area contributed by atoms with Gasteiger partial charge in [-0.05, 0) is 41.9 Å². The summed E-state index contributed by atoms with van der Waals surface area (Å²) in [5.41, 5.74) is 3.87. The van der Waals surface area contributed by atoms with Gasteiger partial charge in [0, 0.05) is 28.1 Å². The Kier molecular flexibility index (Phi) is 1.95. The third-order valence-corrected chi connectivity index (χ3v) is 3.57. The van der Waals surface area contributed by atoms with Gasteiger partial charge < -0.3 is 4.57 Å². The van der Waals surface area contributed by atoms with Crippen molar-refractivity contribution in [3.05, 3.63) is 33.9 Å². The molecule has 0 amide bonds. The van der Waals surface area contributed by atoms with Gasteiger partial charge in [0.2, 0.25) is 0 Å². The molecular formula is C11H12BrN. The smallest absolute Gasteiger partial charge is 0.0491 e. The molecule has 0 bridgehead atoms. The van der Waals surface area contributed by atoms with Gasteiger partial charge in [-0.25, -0.2) is 0 Å². The molecule has 0 aliphatic heterocycles. The molecule has 2 rings (SSSR count). The number of rotatable bonds is 0. The number of hydrogen-bond donors (Lipinski definition) is 0. The second kappa shape index (κ2) is 2.88. The zero-order valence-electron chi connectivity index (χ0n) is 8.06. The summed E-state index contributed by atoms with van der Waals surface area (Å²) in [6.45, 7) is 4.24. The zero-order valence-corrected chi connectivity index (χ0v) is 9.64. The molecule has 0 aliphatic rings. The lowest BCUT2D eigenvalue weighted by Crippen LogP contribution is -1.89. The quantitative estimate of drug-likeness (QED) is 0.661. The Balaban J connectivity index is 2.95. The SMILES string of the molecule is Cc1ccc2c(c1)c(Br)c(C)n2C. The summed E-state index contributed by atoms with van der Waals surface area (Å²) in [4.78, 5) is 0. The van der Waals surface area contributed by atoms with Crippen molar-refractivity contribution >= 4 is 26.8 Å². The molecule has 1 aromatic carbocycles. The van der Waals surface area contributed by atoms with Crippen molar-refractivity contribution in [2.45, 2.75) is 13.8 Å². The van der Waals surface area contributed by atoms with E-state index in [9.17, 15) is 0 Å². The van der Waals surface area contributed by atoms with Crippen molar-refractivity contribution in [1.82, 2.24) is 4.57 Å². The van der Waals surface area contributed by atoms with E-state index in [0.717, 1.165) is 0 Å². The van der Waals surface area contributed by atoms with Gasteiger partial charge in [-0.3, -0.25) is 0 Å². The first kappa shape index (κ1) is 8.82. The summed E-state index contributed by atoms with van der Waals surface area (Å²) < 4.78 is 3.42. The molecule has 0 N–H and O–H groups in total. The van der Waals surface area contributed by atoms with Crippen molar-refractivity contribution in [1.29, 1.82) is 0 Å². The molecule has 2 aromatic rings. The molecule has 0 fully saturated rings.